The third kappa shape index (κ3) is 5.56. The Kier molecular flexibility index (Phi) is 6.03. The molecule has 1 atom stereocenters. The molecule has 3 heterocycles. The fourth-order valence-electron chi connectivity index (χ4n) is 2.99. The Bertz CT molecular complexity index is 996. The van der Waals surface area contributed by atoms with Gasteiger partial charge in [0.25, 0.3) is 0 Å². The van der Waals surface area contributed by atoms with Crippen molar-refractivity contribution in [1.82, 2.24) is 15.0 Å². The third-order valence-electron chi connectivity index (χ3n) is 4.80. The van der Waals surface area contributed by atoms with Gasteiger partial charge >= 0.3 is 7.82 Å². The highest BCUT2D eigenvalue weighted by atomic mass is 31.2. The highest BCUT2D eigenvalue weighted by Crippen LogP contribution is 2.36. The van der Waals surface area contributed by atoms with E-state index in [0.29, 0.717) is 41.9 Å². The van der Waals surface area contributed by atoms with Gasteiger partial charge in [0.2, 0.25) is 5.88 Å². The van der Waals surface area contributed by atoms with Crippen molar-refractivity contribution in [1.29, 1.82) is 0 Å². The lowest BCUT2D eigenvalue weighted by molar-refractivity contribution is 0.110. The Balaban J connectivity index is 1.40. The fraction of sp³-hybridized carbons (Fsp3) is 0.368. The molecule has 2 aliphatic rings. The van der Waals surface area contributed by atoms with Crippen LogP contribution in [0.3, 0.4) is 0 Å². The lowest BCUT2D eigenvalue weighted by atomic mass is 10.1. The van der Waals surface area contributed by atoms with Gasteiger partial charge in [0.05, 0.1) is 12.3 Å². The molecule has 11 heteroatoms. The van der Waals surface area contributed by atoms with Gasteiger partial charge in [-0.1, -0.05) is 11.2 Å². The number of pyridine rings is 1. The van der Waals surface area contributed by atoms with Crippen LogP contribution in [-0.2, 0) is 15.5 Å². The van der Waals surface area contributed by atoms with Crippen molar-refractivity contribution in [3.8, 4) is 5.88 Å². The van der Waals surface area contributed by atoms with Crippen LogP contribution in [-0.4, -0.2) is 44.3 Å². The van der Waals surface area contributed by atoms with Crippen LogP contribution in [0, 0.1) is 5.92 Å². The standard InChI is InChI=1S/C19H23N4O6P/c20-19-16(2-1-7-23(19)12-28-30(24,25)26)17-10-15(22-29-17)8-14-5-6-21-18(9-14)27-11-13-3-4-13/h1-2,5-7,9-10,13,19H,3-4,8,11-12,20H2,(H2,24,25,26). The number of aromatic nitrogens is 2. The van der Waals surface area contributed by atoms with E-state index in [-0.39, 0.29) is 6.73 Å². The molecule has 0 amide bonds. The van der Waals surface area contributed by atoms with Crippen molar-refractivity contribution < 1.29 is 28.1 Å². The van der Waals surface area contributed by atoms with Crippen LogP contribution in [0.25, 0.3) is 5.57 Å². The maximum atomic E-state index is 10.9. The van der Waals surface area contributed by atoms with Crippen LogP contribution in [0.2, 0.25) is 0 Å². The molecule has 1 aliphatic heterocycles. The molecule has 2 aromatic rings. The van der Waals surface area contributed by atoms with E-state index in [1.807, 2.05) is 12.1 Å². The van der Waals surface area contributed by atoms with Gasteiger partial charge in [-0.25, -0.2) is 9.55 Å². The van der Waals surface area contributed by atoms with Crippen molar-refractivity contribution in [2.24, 2.45) is 11.7 Å². The minimum atomic E-state index is -4.60. The van der Waals surface area contributed by atoms with Gasteiger partial charge in [-0.05, 0) is 36.5 Å². The van der Waals surface area contributed by atoms with Gasteiger partial charge in [0.1, 0.15) is 12.9 Å². The molecule has 10 nitrogen and oxygen atoms in total. The fourth-order valence-corrected chi connectivity index (χ4v) is 3.27. The SMILES string of the molecule is NC1C(c2cc(Cc3ccnc(OCC4CC4)c3)no2)=CC=CN1COP(=O)(O)O. The van der Waals surface area contributed by atoms with Crippen molar-refractivity contribution in [3.63, 3.8) is 0 Å². The quantitative estimate of drug-likeness (QED) is 0.501. The minimum absolute atomic E-state index is 0.360. The second kappa shape index (κ2) is 8.71. The molecule has 0 spiro atoms. The van der Waals surface area contributed by atoms with E-state index in [1.165, 1.54) is 17.7 Å². The average molecular weight is 434 g/mol. The first kappa shape index (κ1) is 20.8. The summed E-state index contributed by atoms with van der Waals surface area (Å²) in [5.74, 6) is 1.73. The van der Waals surface area contributed by atoms with Crippen LogP contribution >= 0.6 is 7.82 Å². The van der Waals surface area contributed by atoms with Gasteiger partial charge in [-0.15, -0.1) is 0 Å². The summed E-state index contributed by atoms with van der Waals surface area (Å²) in [4.78, 5) is 23.5. The van der Waals surface area contributed by atoms with Crippen molar-refractivity contribution in [2.75, 3.05) is 13.3 Å². The van der Waals surface area contributed by atoms with Crippen molar-refractivity contribution in [3.05, 3.63) is 59.8 Å². The highest BCUT2D eigenvalue weighted by molar-refractivity contribution is 7.46. The van der Waals surface area contributed by atoms with Crippen LogP contribution in [0.1, 0.15) is 29.9 Å². The van der Waals surface area contributed by atoms with Crippen LogP contribution in [0.5, 0.6) is 5.88 Å². The predicted octanol–water partition coefficient (Wildman–Crippen LogP) is 2.01. The zero-order chi connectivity index (χ0) is 21.1. The number of allylic oxidation sites excluding steroid dienone is 2. The molecular formula is C19H23N4O6P. The number of phosphoric acid groups is 1. The summed E-state index contributed by atoms with van der Waals surface area (Å²) in [6.07, 6.45) is 9.02. The van der Waals surface area contributed by atoms with E-state index in [9.17, 15) is 4.57 Å². The molecule has 30 heavy (non-hydrogen) atoms. The lowest BCUT2D eigenvalue weighted by Gasteiger charge is -2.30. The average Bonchev–Trinajstić information content (AvgIpc) is 3.43. The van der Waals surface area contributed by atoms with E-state index in [2.05, 4.69) is 14.7 Å². The Labute approximate surface area is 173 Å². The molecule has 0 aromatic carbocycles. The van der Waals surface area contributed by atoms with Gasteiger partial charge in [-0.3, -0.25) is 4.52 Å². The zero-order valence-electron chi connectivity index (χ0n) is 16.1. The second-order valence-corrected chi connectivity index (χ2v) is 8.53. The van der Waals surface area contributed by atoms with E-state index < -0.39 is 14.0 Å². The smallest absolute Gasteiger partial charge is 0.471 e. The van der Waals surface area contributed by atoms with E-state index >= 15 is 0 Å². The topological polar surface area (TPSA) is 144 Å². The maximum absolute atomic E-state index is 10.9. The van der Waals surface area contributed by atoms with Crippen LogP contribution in [0.4, 0.5) is 0 Å². The Morgan fingerprint density at radius 2 is 2.17 bits per heavy atom. The number of nitrogens with two attached hydrogens (primary N) is 1. The van der Waals surface area contributed by atoms with Gasteiger partial charge < -0.3 is 29.7 Å². The third-order valence-corrected chi connectivity index (χ3v) is 5.25. The molecule has 0 bridgehead atoms. The monoisotopic (exact) mass is 434 g/mol. The predicted molar refractivity (Wildman–Crippen MR) is 107 cm³/mol. The summed E-state index contributed by atoms with van der Waals surface area (Å²) in [5, 5.41) is 4.11. The summed E-state index contributed by atoms with van der Waals surface area (Å²) in [7, 11) is -4.60. The molecule has 0 saturated heterocycles. The first-order chi connectivity index (χ1) is 14.4. The summed E-state index contributed by atoms with van der Waals surface area (Å²) < 4.78 is 26.6. The number of ether oxygens (including phenoxy) is 1. The molecule has 0 radical (unpaired) electrons. The van der Waals surface area contributed by atoms with Gasteiger partial charge in [-0.2, -0.15) is 0 Å². The second-order valence-electron chi connectivity index (χ2n) is 7.29. The normalized spacial score (nSPS) is 19.1. The summed E-state index contributed by atoms with van der Waals surface area (Å²) in [5.41, 5.74) is 8.52. The Hall–Kier alpha value is -2.49. The van der Waals surface area contributed by atoms with Crippen molar-refractivity contribution >= 4 is 13.4 Å². The Morgan fingerprint density at radius 1 is 1.33 bits per heavy atom. The zero-order valence-corrected chi connectivity index (χ0v) is 17.0. The molecule has 2 aromatic heterocycles. The lowest BCUT2D eigenvalue weighted by Crippen LogP contribution is -2.41. The molecular weight excluding hydrogens is 411 g/mol. The minimum Gasteiger partial charge on any atom is -0.477 e. The van der Waals surface area contributed by atoms with Gasteiger partial charge in [0.15, 0.2) is 5.76 Å². The number of hydrogen-bond acceptors (Lipinski definition) is 8. The number of phosphoric ester groups is 1. The maximum Gasteiger partial charge on any atom is 0.471 e. The summed E-state index contributed by atoms with van der Waals surface area (Å²) in [6, 6.07) is 5.58. The first-order valence-corrected chi connectivity index (χ1v) is 11.0. The number of hydrogen-bond donors (Lipinski definition) is 3. The molecule has 4 N–H and O–H groups in total. The summed E-state index contributed by atoms with van der Waals surface area (Å²) >= 11 is 0. The molecule has 4 rings (SSSR count). The van der Waals surface area contributed by atoms with Crippen molar-refractivity contribution in [2.45, 2.75) is 25.4 Å². The largest absolute Gasteiger partial charge is 0.477 e. The number of nitrogens with zero attached hydrogens (tertiary/aromatic N) is 3. The highest BCUT2D eigenvalue weighted by Gasteiger charge is 2.25. The van der Waals surface area contributed by atoms with Gasteiger partial charge in [0, 0.05) is 36.5 Å². The van der Waals surface area contributed by atoms with E-state index in [1.54, 1.807) is 30.6 Å². The molecule has 1 unspecified atom stereocenters. The first-order valence-electron chi connectivity index (χ1n) is 9.51. The molecule has 1 saturated carbocycles. The van der Waals surface area contributed by atoms with E-state index in [4.69, 9.17) is 24.8 Å². The van der Waals surface area contributed by atoms with E-state index in [0.717, 1.165) is 5.56 Å². The van der Waals surface area contributed by atoms with Crippen LogP contribution < -0.4 is 10.5 Å². The number of rotatable bonds is 9. The molecule has 1 aliphatic carbocycles. The van der Waals surface area contributed by atoms with Crippen LogP contribution in [0.15, 0.2) is 47.3 Å². The summed E-state index contributed by atoms with van der Waals surface area (Å²) in [6.45, 7) is 0.341. The molecule has 1 fully saturated rings. The molecule has 160 valence electrons. The Morgan fingerprint density at radius 3 is 2.93 bits per heavy atom.